The summed E-state index contributed by atoms with van der Waals surface area (Å²) in [6.45, 7) is 2.11. The molecule has 0 aromatic heterocycles. The molecule has 4 nitrogen and oxygen atoms in total. The molecule has 5 heteroatoms. The van der Waals surface area contributed by atoms with Crippen LogP contribution in [0.3, 0.4) is 0 Å². The first kappa shape index (κ1) is 17.2. The van der Waals surface area contributed by atoms with E-state index in [0.29, 0.717) is 17.9 Å². The van der Waals surface area contributed by atoms with Crippen LogP contribution in [0.25, 0.3) is 0 Å². The van der Waals surface area contributed by atoms with Crippen molar-refractivity contribution in [2.75, 3.05) is 14.2 Å². The molecular formula is C18H21FO4. The normalized spacial score (nSPS) is 13.4. The predicted octanol–water partition coefficient (Wildman–Crippen LogP) is 3.48. The van der Waals surface area contributed by atoms with Crippen LogP contribution >= 0.6 is 0 Å². The van der Waals surface area contributed by atoms with Gasteiger partial charge in [-0.15, -0.1) is 0 Å². The zero-order valence-electron chi connectivity index (χ0n) is 13.5. The van der Waals surface area contributed by atoms with Crippen molar-refractivity contribution in [1.29, 1.82) is 0 Å². The van der Waals surface area contributed by atoms with E-state index in [1.807, 2.05) is 24.3 Å². The smallest absolute Gasteiger partial charge is 0.127 e. The molecule has 1 unspecified atom stereocenters. The summed E-state index contributed by atoms with van der Waals surface area (Å²) in [6.07, 6.45) is -1.39. The molecule has 1 N–H and O–H groups in total. The summed E-state index contributed by atoms with van der Waals surface area (Å²) in [5, 5.41) is 10.4. The van der Waals surface area contributed by atoms with Gasteiger partial charge >= 0.3 is 0 Å². The quantitative estimate of drug-likeness (QED) is 0.848. The molecule has 2 atom stereocenters. The van der Waals surface area contributed by atoms with Gasteiger partial charge < -0.3 is 19.3 Å². The van der Waals surface area contributed by atoms with E-state index in [9.17, 15) is 9.50 Å². The maximum absolute atomic E-state index is 13.2. The lowest BCUT2D eigenvalue weighted by molar-refractivity contribution is -0.0372. The molecule has 0 saturated heterocycles. The maximum atomic E-state index is 13.2. The highest BCUT2D eigenvalue weighted by Gasteiger charge is 2.21. The lowest BCUT2D eigenvalue weighted by Crippen LogP contribution is -2.19. The van der Waals surface area contributed by atoms with E-state index >= 15 is 0 Å². The van der Waals surface area contributed by atoms with Crippen LogP contribution in [0.5, 0.6) is 11.5 Å². The predicted molar refractivity (Wildman–Crippen MR) is 85.2 cm³/mol. The summed E-state index contributed by atoms with van der Waals surface area (Å²) < 4.78 is 29.2. The Morgan fingerprint density at radius 3 is 2.35 bits per heavy atom. The van der Waals surface area contributed by atoms with Crippen molar-refractivity contribution in [1.82, 2.24) is 0 Å². The molecular weight excluding hydrogens is 299 g/mol. The van der Waals surface area contributed by atoms with Gasteiger partial charge in [0.25, 0.3) is 0 Å². The van der Waals surface area contributed by atoms with E-state index in [1.165, 1.54) is 25.3 Å². The average Bonchev–Trinajstić information content (AvgIpc) is 2.59. The van der Waals surface area contributed by atoms with Crippen molar-refractivity contribution >= 4 is 0 Å². The molecule has 0 saturated carbocycles. The minimum Gasteiger partial charge on any atom is -0.497 e. The number of rotatable bonds is 7. The Hall–Kier alpha value is -2.11. The molecule has 0 spiro atoms. The Labute approximate surface area is 135 Å². The number of aliphatic hydroxyl groups excluding tert-OH is 1. The summed E-state index contributed by atoms with van der Waals surface area (Å²) in [4.78, 5) is 0. The Morgan fingerprint density at radius 2 is 1.74 bits per heavy atom. The van der Waals surface area contributed by atoms with Crippen LogP contribution in [0, 0.1) is 5.82 Å². The van der Waals surface area contributed by atoms with Crippen LogP contribution < -0.4 is 9.47 Å². The molecule has 0 radical (unpaired) electrons. The van der Waals surface area contributed by atoms with Gasteiger partial charge in [-0.05, 0) is 36.8 Å². The van der Waals surface area contributed by atoms with Gasteiger partial charge in [0.2, 0.25) is 0 Å². The minimum atomic E-state index is -0.913. The van der Waals surface area contributed by atoms with Crippen LogP contribution in [0.2, 0.25) is 0 Å². The number of methoxy groups -OCH3 is 2. The first-order valence-electron chi connectivity index (χ1n) is 7.31. The van der Waals surface area contributed by atoms with Crippen LogP contribution in [-0.2, 0) is 11.3 Å². The van der Waals surface area contributed by atoms with Crippen LogP contribution in [0.15, 0.2) is 42.5 Å². The summed E-state index contributed by atoms with van der Waals surface area (Å²) in [5.41, 5.74) is 1.46. The van der Waals surface area contributed by atoms with Gasteiger partial charge in [-0.3, -0.25) is 0 Å². The number of benzene rings is 2. The topological polar surface area (TPSA) is 47.9 Å². The average molecular weight is 320 g/mol. The van der Waals surface area contributed by atoms with Gasteiger partial charge in [-0.1, -0.05) is 12.1 Å². The highest BCUT2D eigenvalue weighted by atomic mass is 19.1. The number of aliphatic hydroxyl groups is 1. The molecule has 23 heavy (non-hydrogen) atoms. The molecule has 0 bridgehead atoms. The Bertz CT molecular complexity index is 627. The van der Waals surface area contributed by atoms with E-state index in [2.05, 4.69) is 0 Å². The number of halogens is 1. The first-order valence-corrected chi connectivity index (χ1v) is 7.31. The molecule has 124 valence electrons. The van der Waals surface area contributed by atoms with Crippen molar-refractivity contribution in [3.63, 3.8) is 0 Å². The zero-order chi connectivity index (χ0) is 16.8. The maximum Gasteiger partial charge on any atom is 0.127 e. The summed E-state index contributed by atoms with van der Waals surface area (Å²) in [7, 11) is 3.05. The van der Waals surface area contributed by atoms with Crippen LogP contribution in [-0.4, -0.2) is 25.4 Å². The summed E-state index contributed by atoms with van der Waals surface area (Å²) >= 11 is 0. The second-order valence-electron chi connectivity index (χ2n) is 5.20. The van der Waals surface area contributed by atoms with Gasteiger partial charge in [0.05, 0.1) is 26.9 Å². The second-order valence-corrected chi connectivity index (χ2v) is 5.20. The third-order valence-corrected chi connectivity index (χ3v) is 3.63. The van der Waals surface area contributed by atoms with Crippen LogP contribution in [0.1, 0.15) is 24.2 Å². The van der Waals surface area contributed by atoms with E-state index in [4.69, 9.17) is 14.2 Å². The molecule has 0 fully saturated rings. The molecule has 0 aliphatic heterocycles. The van der Waals surface area contributed by atoms with Gasteiger partial charge in [0.1, 0.15) is 23.4 Å². The minimum absolute atomic E-state index is 0.303. The lowest BCUT2D eigenvalue weighted by Gasteiger charge is -2.21. The van der Waals surface area contributed by atoms with Crippen molar-refractivity contribution in [2.24, 2.45) is 0 Å². The number of hydrogen-bond acceptors (Lipinski definition) is 4. The Kier molecular flexibility index (Phi) is 5.96. The van der Waals surface area contributed by atoms with Gasteiger partial charge in [0.15, 0.2) is 0 Å². The largest absolute Gasteiger partial charge is 0.497 e. The van der Waals surface area contributed by atoms with Gasteiger partial charge in [-0.25, -0.2) is 4.39 Å². The molecule has 2 aromatic carbocycles. The highest BCUT2D eigenvalue weighted by molar-refractivity contribution is 5.36. The van der Waals surface area contributed by atoms with Crippen molar-refractivity contribution in [3.05, 3.63) is 59.4 Å². The standard InChI is InChI=1S/C18H21FO4/c1-12(23-11-13-4-7-15(21-2)8-5-13)18(20)16-9-6-14(19)10-17(16)22-3/h4-10,12,18,20H,11H2,1-3H3/t12?,18-/m0/s1. The summed E-state index contributed by atoms with van der Waals surface area (Å²) in [5.74, 6) is 0.667. The molecule has 0 heterocycles. The molecule has 2 rings (SSSR count). The van der Waals surface area contributed by atoms with E-state index in [1.54, 1.807) is 14.0 Å². The third kappa shape index (κ3) is 4.43. The Balaban J connectivity index is 2.00. The van der Waals surface area contributed by atoms with Crippen molar-refractivity contribution in [2.45, 2.75) is 25.7 Å². The molecule has 0 aliphatic rings. The zero-order valence-corrected chi connectivity index (χ0v) is 13.5. The van der Waals surface area contributed by atoms with Gasteiger partial charge in [-0.2, -0.15) is 0 Å². The Morgan fingerprint density at radius 1 is 1.04 bits per heavy atom. The number of hydrogen-bond donors (Lipinski definition) is 1. The van der Waals surface area contributed by atoms with E-state index in [0.717, 1.165) is 11.3 Å². The third-order valence-electron chi connectivity index (χ3n) is 3.63. The fourth-order valence-electron chi connectivity index (χ4n) is 2.22. The fraction of sp³-hybridized carbons (Fsp3) is 0.333. The van der Waals surface area contributed by atoms with Crippen LogP contribution in [0.4, 0.5) is 4.39 Å². The second kappa shape index (κ2) is 7.94. The summed E-state index contributed by atoms with van der Waals surface area (Å²) in [6, 6.07) is 11.5. The SMILES string of the molecule is COc1ccc(COC(C)[C@H](O)c2ccc(F)cc2OC)cc1. The van der Waals surface area contributed by atoms with Crippen molar-refractivity contribution in [3.8, 4) is 11.5 Å². The monoisotopic (exact) mass is 320 g/mol. The molecule has 2 aromatic rings. The fourth-order valence-corrected chi connectivity index (χ4v) is 2.22. The van der Waals surface area contributed by atoms with E-state index in [-0.39, 0.29) is 0 Å². The number of ether oxygens (including phenoxy) is 3. The lowest BCUT2D eigenvalue weighted by atomic mass is 10.0. The first-order chi connectivity index (χ1) is 11.0. The van der Waals surface area contributed by atoms with Crippen molar-refractivity contribution < 1.29 is 23.7 Å². The molecule has 0 aliphatic carbocycles. The van der Waals surface area contributed by atoms with E-state index < -0.39 is 18.0 Å². The highest BCUT2D eigenvalue weighted by Crippen LogP contribution is 2.29. The molecule has 0 amide bonds. The van der Waals surface area contributed by atoms with Gasteiger partial charge in [0, 0.05) is 11.6 Å².